The van der Waals surface area contributed by atoms with Crippen LogP contribution in [0.25, 0.3) is 11.4 Å². The fourth-order valence-corrected chi connectivity index (χ4v) is 3.76. The predicted molar refractivity (Wildman–Crippen MR) is 130 cm³/mol. The molecule has 0 unspecified atom stereocenters. The van der Waals surface area contributed by atoms with E-state index in [1.54, 1.807) is 36.8 Å². The molecule has 0 fully saturated rings. The Bertz CT molecular complexity index is 1430. The maximum Gasteiger partial charge on any atom is 0.232 e. The molecule has 0 bridgehead atoms. The monoisotopic (exact) mass is 480 g/mol. The molecule has 0 aliphatic heterocycles. The second kappa shape index (κ2) is 9.02. The molecule has 4 aromatic heterocycles. The van der Waals surface area contributed by atoms with E-state index in [0.29, 0.717) is 46.2 Å². The van der Waals surface area contributed by atoms with Gasteiger partial charge in [0.05, 0.1) is 11.9 Å². The molecule has 12 nitrogen and oxygen atoms in total. The Morgan fingerprint density at radius 1 is 0.941 bits per heavy atom. The Labute approximate surface area is 197 Å². The molecular weight excluding hydrogens is 456 g/mol. The number of anilines is 5. The van der Waals surface area contributed by atoms with E-state index in [2.05, 4.69) is 40.5 Å². The van der Waals surface area contributed by atoms with Gasteiger partial charge < -0.3 is 15.2 Å². The average Bonchev–Trinajstić information content (AvgIpc) is 3.18. The van der Waals surface area contributed by atoms with Gasteiger partial charge in [-0.15, -0.1) is 0 Å². The van der Waals surface area contributed by atoms with E-state index in [1.165, 1.54) is 13.4 Å². The van der Waals surface area contributed by atoms with Crippen LogP contribution in [0.2, 0.25) is 0 Å². The van der Waals surface area contributed by atoms with Crippen molar-refractivity contribution >= 4 is 39.0 Å². The number of imidazole rings is 1. The van der Waals surface area contributed by atoms with E-state index in [4.69, 9.17) is 0 Å². The lowest BCUT2D eigenvalue weighted by Crippen LogP contribution is -2.26. The van der Waals surface area contributed by atoms with Gasteiger partial charge in [0.1, 0.15) is 35.4 Å². The quantitative estimate of drug-likeness (QED) is 0.405. The van der Waals surface area contributed by atoms with E-state index in [-0.39, 0.29) is 0 Å². The summed E-state index contributed by atoms with van der Waals surface area (Å²) in [5, 5.41) is 6.22. The van der Waals surface area contributed by atoms with E-state index in [9.17, 15) is 8.42 Å². The van der Waals surface area contributed by atoms with Crippen molar-refractivity contribution in [3.05, 3.63) is 54.6 Å². The van der Waals surface area contributed by atoms with Crippen molar-refractivity contribution in [1.82, 2.24) is 34.5 Å². The van der Waals surface area contributed by atoms with Gasteiger partial charge in [0.15, 0.2) is 5.82 Å². The zero-order chi connectivity index (χ0) is 24.5. The number of aromatic nitrogens is 7. The summed E-state index contributed by atoms with van der Waals surface area (Å²) in [7, 11) is -0.240. The van der Waals surface area contributed by atoms with E-state index in [0.717, 1.165) is 16.3 Å². The van der Waals surface area contributed by atoms with Crippen molar-refractivity contribution in [2.45, 2.75) is 13.8 Å². The van der Waals surface area contributed by atoms with Crippen molar-refractivity contribution in [2.24, 2.45) is 7.05 Å². The van der Waals surface area contributed by atoms with Crippen LogP contribution in [0.5, 0.6) is 0 Å². The summed E-state index contributed by atoms with van der Waals surface area (Å²) in [5.74, 6) is 3.12. The molecule has 0 saturated heterocycles. The Hall–Kier alpha value is -4.13. The second-order valence-corrected chi connectivity index (χ2v) is 9.68. The van der Waals surface area contributed by atoms with Crippen molar-refractivity contribution in [2.75, 3.05) is 28.2 Å². The summed E-state index contributed by atoms with van der Waals surface area (Å²) in [6.45, 7) is 3.69. The molecule has 176 valence electrons. The number of hydrogen-bond acceptors (Lipinski definition) is 10. The van der Waals surface area contributed by atoms with Gasteiger partial charge in [0.2, 0.25) is 10.0 Å². The van der Waals surface area contributed by atoms with Gasteiger partial charge in [-0.05, 0) is 19.9 Å². The number of aryl methyl sites for hydroxylation is 3. The van der Waals surface area contributed by atoms with Crippen LogP contribution in [-0.2, 0) is 17.1 Å². The van der Waals surface area contributed by atoms with Crippen molar-refractivity contribution in [1.29, 1.82) is 0 Å². The van der Waals surface area contributed by atoms with E-state index in [1.807, 2.05) is 25.5 Å². The van der Waals surface area contributed by atoms with Crippen LogP contribution >= 0.6 is 0 Å². The first-order valence-corrected chi connectivity index (χ1v) is 12.0. The first kappa shape index (κ1) is 23.0. The molecule has 4 heterocycles. The summed E-state index contributed by atoms with van der Waals surface area (Å²) >= 11 is 0. The molecule has 4 aromatic rings. The van der Waals surface area contributed by atoms with Gasteiger partial charge in [0, 0.05) is 56.1 Å². The molecule has 0 radical (unpaired) electrons. The molecular formula is C21H24N10O2S. The molecule has 0 aliphatic carbocycles. The molecule has 0 amide bonds. The molecule has 34 heavy (non-hydrogen) atoms. The van der Waals surface area contributed by atoms with E-state index >= 15 is 0 Å². The van der Waals surface area contributed by atoms with Crippen LogP contribution in [0, 0.1) is 13.8 Å². The number of nitrogens with one attached hydrogen (secondary N) is 2. The largest absolute Gasteiger partial charge is 0.334 e. The Balaban J connectivity index is 1.68. The second-order valence-electron chi connectivity index (χ2n) is 7.66. The fourth-order valence-electron chi connectivity index (χ4n) is 3.26. The highest BCUT2D eigenvalue weighted by atomic mass is 32.2. The Kier molecular flexibility index (Phi) is 6.11. The Morgan fingerprint density at radius 3 is 2.32 bits per heavy atom. The average molecular weight is 481 g/mol. The zero-order valence-corrected chi connectivity index (χ0v) is 20.2. The molecule has 0 spiro atoms. The number of sulfonamides is 1. The van der Waals surface area contributed by atoms with Gasteiger partial charge in [-0.2, -0.15) is 0 Å². The van der Waals surface area contributed by atoms with E-state index < -0.39 is 10.0 Å². The van der Waals surface area contributed by atoms with Gasteiger partial charge in [-0.3, -0.25) is 4.31 Å². The summed E-state index contributed by atoms with van der Waals surface area (Å²) in [4.78, 5) is 25.9. The number of pyridine rings is 1. The highest BCUT2D eigenvalue weighted by Gasteiger charge is 2.20. The fraction of sp³-hybridized carbons (Fsp3) is 0.238. The van der Waals surface area contributed by atoms with Crippen LogP contribution < -0.4 is 14.9 Å². The molecule has 0 aromatic carbocycles. The lowest BCUT2D eigenvalue weighted by atomic mass is 10.2. The van der Waals surface area contributed by atoms with Gasteiger partial charge in [-0.1, -0.05) is 0 Å². The first-order chi connectivity index (χ1) is 16.1. The summed E-state index contributed by atoms with van der Waals surface area (Å²) in [5.41, 5.74) is 1.84. The standard InChI is InChI=1S/C21H24N10O2S/c1-13-8-19(27-14(2)26-13)28-17-10-18(25-12-24-17)29-20-16(31(4)34(5,32)33)9-15(11-23-20)21-22-6-7-30(21)3/h6-12H,1-5H3,(H2,23,24,25,26,27,28,29). The SMILES string of the molecule is Cc1cc(Nc2cc(Nc3ncc(-c4nccn4C)cc3N(C)S(C)(=O)=O)ncn2)nc(C)n1. The number of hydrogen-bond donors (Lipinski definition) is 2. The Morgan fingerprint density at radius 2 is 1.68 bits per heavy atom. The minimum Gasteiger partial charge on any atom is -0.334 e. The minimum atomic E-state index is -3.56. The normalized spacial score (nSPS) is 11.3. The lowest BCUT2D eigenvalue weighted by Gasteiger charge is -2.21. The van der Waals surface area contributed by atoms with Crippen molar-refractivity contribution in [3.8, 4) is 11.4 Å². The highest BCUT2D eigenvalue weighted by molar-refractivity contribution is 7.92. The number of rotatable bonds is 7. The summed E-state index contributed by atoms with van der Waals surface area (Å²) < 4.78 is 27.6. The third-order valence-electron chi connectivity index (χ3n) is 4.92. The first-order valence-electron chi connectivity index (χ1n) is 10.2. The van der Waals surface area contributed by atoms with Crippen molar-refractivity contribution < 1.29 is 8.42 Å². The molecule has 0 aliphatic rings. The highest BCUT2D eigenvalue weighted by Crippen LogP contribution is 2.31. The number of nitrogens with zero attached hydrogens (tertiary/aromatic N) is 8. The maximum absolute atomic E-state index is 12.3. The van der Waals surface area contributed by atoms with Gasteiger partial charge in [0.25, 0.3) is 0 Å². The molecule has 4 rings (SSSR count). The molecule has 2 N–H and O–H groups in total. The van der Waals surface area contributed by atoms with Crippen molar-refractivity contribution in [3.63, 3.8) is 0 Å². The third kappa shape index (κ3) is 5.09. The molecule has 13 heteroatoms. The minimum absolute atomic E-state index is 0.309. The van der Waals surface area contributed by atoms with Gasteiger partial charge in [-0.25, -0.2) is 38.3 Å². The van der Waals surface area contributed by atoms with Crippen LogP contribution in [0.1, 0.15) is 11.5 Å². The molecule has 0 saturated carbocycles. The van der Waals surface area contributed by atoms with Crippen LogP contribution in [0.4, 0.5) is 29.0 Å². The lowest BCUT2D eigenvalue weighted by molar-refractivity contribution is 0.600. The summed E-state index contributed by atoms with van der Waals surface area (Å²) in [6.07, 6.45) is 7.60. The zero-order valence-electron chi connectivity index (χ0n) is 19.3. The van der Waals surface area contributed by atoms with Crippen LogP contribution in [0.15, 0.2) is 43.1 Å². The summed E-state index contributed by atoms with van der Waals surface area (Å²) in [6, 6.07) is 5.19. The van der Waals surface area contributed by atoms with Gasteiger partial charge >= 0.3 is 0 Å². The van der Waals surface area contributed by atoms with Crippen LogP contribution in [0.3, 0.4) is 0 Å². The topological polar surface area (TPSA) is 144 Å². The third-order valence-corrected chi connectivity index (χ3v) is 6.11. The predicted octanol–water partition coefficient (Wildman–Crippen LogP) is 2.56. The maximum atomic E-state index is 12.3. The smallest absolute Gasteiger partial charge is 0.232 e. The van der Waals surface area contributed by atoms with Crippen LogP contribution in [-0.4, -0.2) is 56.2 Å². The molecule has 0 atom stereocenters.